The summed E-state index contributed by atoms with van der Waals surface area (Å²) in [6.07, 6.45) is 3.73. The first-order chi connectivity index (χ1) is 13.7. The zero-order valence-corrected chi connectivity index (χ0v) is 17.2. The van der Waals surface area contributed by atoms with E-state index in [1.54, 1.807) is 34.0 Å². The van der Waals surface area contributed by atoms with Crippen LogP contribution in [0.25, 0.3) is 0 Å². The Morgan fingerprint density at radius 3 is 2.48 bits per heavy atom. The van der Waals surface area contributed by atoms with Crippen molar-refractivity contribution in [3.8, 4) is 0 Å². The van der Waals surface area contributed by atoms with Crippen LogP contribution in [0.4, 0.5) is 4.79 Å². The topological polar surface area (TPSA) is 104 Å². The number of alkyl carbamates (subject to hydrolysis) is 1. The summed E-state index contributed by atoms with van der Waals surface area (Å²) in [5, 5.41) is 2.65. The lowest BCUT2D eigenvalue weighted by atomic mass is 10.0. The Bertz CT molecular complexity index is 800. The van der Waals surface area contributed by atoms with Gasteiger partial charge in [0, 0.05) is 31.8 Å². The predicted octanol–water partition coefficient (Wildman–Crippen LogP) is 2.11. The van der Waals surface area contributed by atoms with E-state index in [0.717, 1.165) is 11.3 Å². The number of aldehydes is 1. The lowest BCUT2D eigenvalue weighted by Crippen LogP contribution is -2.53. The number of rotatable bonds is 8. The SMILES string of the molecule is CN(C(=O)C(Cc1ccccc1)NC(=O)OC(C)(C)C)C(C=O)Cc1cnc[nH]1. The van der Waals surface area contributed by atoms with E-state index in [1.165, 1.54) is 11.2 Å². The van der Waals surface area contributed by atoms with Gasteiger partial charge in [0.05, 0.1) is 12.4 Å². The van der Waals surface area contributed by atoms with Gasteiger partial charge in [-0.2, -0.15) is 0 Å². The molecule has 2 amide bonds. The van der Waals surface area contributed by atoms with Gasteiger partial charge in [-0.25, -0.2) is 9.78 Å². The molecule has 2 unspecified atom stereocenters. The minimum absolute atomic E-state index is 0.277. The van der Waals surface area contributed by atoms with Gasteiger partial charge < -0.3 is 24.7 Å². The summed E-state index contributed by atoms with van der Waals surface area (Å²) in [6.45, 7) is 5.25. The second kappa shape index (κ2) is 9.86. The Labute approximate surface area is 170 Å². The summed E-state index contributed by atoms with van der Waals surface area (Å²) < 4.78 is 5.30. The van der Waals surface area contributed by atoms with E-state index in [4.69, 9.17) is 4.74 Å². The number of aromatic amines is 1. The van der Waals surface area contributed by atoms with Crippen LogP contribution in [-0.2, 0) is 27.2 Å². The van der Waals surface area contributed by atoms with Crippen molar-refractivity contribution >= 4 is 18.3 Å². The fraction of sp³-hybridized carbons (Fsp3) is 0.429. The van der Waals surface area contributed by atoms with Gasteiger partial charge in [-0.05, 0) is 26.3 Å². The molecular weight excluding hydrogens is 372 g/mol. The average molecular weight is 400 g/mol. The number of likely N-dealkylation sites (N-methyl/N-ethyl adjacent to an activating group) is 1. The van der Waals surface area contributed by atoms with Crippen molar-refractivity contribution < 1.29 is 19.1 Å². The van der Waals surface area contributed by atoms with E-state index in [2.05, 4.69) is 15.3 Å². The minimum Gasteiger partial charge on any atom is -0.444 e. The summed E-state index contributed by atoms with van der Waals surface area (Å²) in [7, 11) is 1.55. The molecule has 1 aromatic carbocycles. The van der Waals surface area contributed by atoms with Gasteiger partial charge in [0.2, 0.25) is 5.91 Å². The third-order valence-corrected chi connectivity index (χ3v) is 4.26. The molecule has 2 rings (SSSR count). The van der Waals surface area contributed by atoms with Crippen molar-refractivity contribution in [2.45, 2.75) is 51.3 Å². The molecule has 2 aromatic rings. The molecule has 0 aliphatic rings. The molecule has 0 aliphatic carbocycles. The van der Waals surface area contributed by atoms with Gasteiger partial charge >= 0.3 is 6.09 Å². The van der Waals surface area contributed by atoms with Crippen molar-refractivity contribution in [3.63, 3.8) is 0 Å². The van der Waals surface area contributed by atoms with Crippen LogP contribution >= 0.6 is 0 Å². The van der Waals surface area contributed by atoms with E-state index in [9.17, 15) is 14.4 Å². The first-order valence-electron chi connectivity index (χ1n) is 9.42. The Balaban J connectivity index is 2.17. The highest BCUT2D eigenvalue weighted by Gasteiger charge is 2.30. The lowest BCUT2D eigenvalue weighted by Gasteiger charge is -2.29. The molecule has 29 heavy (non-hydrogen) atoms. The fourth-order valence-corrected chi connectivity index (χ4v) is 2.81. The number of carbonyl (C=O) groups excluding carboxylic acids is 3. The highest BCUT2D eigenvalue weighted by molar-refractivity contribution is 5.87. The molecule has 0 radical (unpaired) electrons. The number of benzene rings is 1. The number of H-pyrrole nitrogens is 1. The van der Waals surface area contributed by atoms with Gasteiger partial charge in [0.1, 0.15) is 17.9 Å². The van der Waals surface area contributed by atoms with Crippen LogP contribution < -0.4 is 5.32 Å². The summed E-state index contributed by atoms with van der Waals surface area (Å²) in [6, 6.07) is 7.78. The number of aromatic nitrogens is 2. The third kappa shape index (κ3) is 7.06. The van der Waals surface area contributed by atoms with Crippen LogP contribution in [0.5, 0.6) is 0 Å². The molecule has 2 N–H and O–H groups in total. The van der Waals surface area contributed by atoms with E-state index in [-0.39, 0.29) is 12.3 Å². The molecule has 1 heterocycles. The van der Waals surface area contributed by atoms with E-state index >= 15 is 0 Å². The van der Waals surface area contributed by atoms with Crippen molar-refractivity contribution in [2.75, 3.05) is 7.05 Å². The van der Waals surface area contributed by atoms with Gasteiger partial charge in [0.15, 0.2) is 0 Å². The second-order valence-corrected chi connectivity index (χ2v) is 7.82. The molecule has 0 fully saturated rings. The van der Waals surface area contributed by atoms with Crippen LogP contribution in [-0.4, -0.2) is 57.9 Å². The zero-order valence-electron chi connectivity index (χ0n) is 17.2. The van der Waals surface area contributed by atoms with Crippen LogP contribution in [0, 0.1) is 0 Å². The van der Waals surface area contributed by atoms with E-state index < -0.39 is 23.8 Å². The number of hydrogen-bond donors (Lipinski definition) is 2. The van der Waals surface area contributed by atoms with E-state index in [1.807, 2.05) is 30.3 Å². The largest absolute Gasteiger partial charge is 0.444 e. The number of carbonyl (C=O) groups is 3. The smallest absolute Gasteiger partial charge is 0.408 e. The lowest BCUT2D eigenvalue weighted by molar-refractivity contribution is -0.136. The van der Waals surface area contributed by atoms with Crippen molar-refractivity contribution in [1.82, 2.24) is 20.2 Å². The van der Waals surface area contributed by atoms with Crippen LogP contribution in [0.15, 0.2) is 42.9 Å². The maximum absolute atomic E-state index is 13.1. The number of nitrogens with one attached hydrogen (secondary N) is 2. The molecule has 0 spiro atoms. The minimum atomic E-state index is -0.874. The Morgan fingerprint density at radius 2 is 1.93 bits per heavy atom. The number of ether oxygens (including phenoxy) is 1. The highest BCUT2D eigenvalue weighted by Crippen LogP contribution is 2.12. The second-order valence-electron chi connectivity index (χ2n) is 7.82. The third-order valence-electron chi connectivity index (χ3n) is 4.26. The molecule has 156 valence electrons. The van der Waals surface area contributed by atoms with Crippen LogP contribution in [0.1, 0.15) is 32.0 Å². The zero-order chi connectivity index (χ0) is 21.4. The average Bonchev–Trinajstić information content (AvgIpc) is 3.17. The highest BCUT2D eigenvalue weighted by atomic mass is 16.6. The molecule has 8 heteroatoms. The van der Waals surface area contributed by atoms with Crippen molar-refractivity contribution in [2.24, 2.45) is 0 Å². The fourth-order valence-electron chi connectivity index (χ4n) is 2.81. The summed E-state index contributed by atoms with van der Waals surface area (Å²) >= 11 is 0. The van der Waals surface area contributed by atoms with Crippen LogP contribution in [0.3, 0.4) is 0 Å². The summed E-state index contributed by atoms with van der Waals surface area (Å²) in [4.78, 5) is 45.3. The molecule has 2 atom stereocenters. The van der Waals surface area contributed by atoms with Crippen molar-refractivity contribution in [1.29, 1.82) is 0 Å². The Morgan fingerprint density at radius 1 is 1.24 bits per heavy atom. The quantitative estimate of drug-likeness (QED) is 0.661. The Kier molecular flexibility index (Phi) is 7.52. The Hall–Kier alpha value is -3.16. The molecule has 0 bridgehead atoms. The normalized spacial score (nSPS) is 13.2. The van der Waals surface area contributed by atoms with Gasteiger partial charge in [-0.15, -0.1) is 0 Å². The molecule has 1 aromatic heterocycles. The molecule has 0 aliphatic heterocycles. The van der Waals surface area contributed by atoms with Gasteiger partial charge in [-0.3, -0.25) is 4.79 Å². The number of amides is 2. The first kappa shape index (κ1) is 22.1. The number of nitrogens with zero attached hydrogens (tertiary/aromatic N) is 2. The maximum Gasteiger partial charge on any atom is 0.408 e. The summed E-state index contributed by atoms with van der Waals surface area (Å²) in [5.41, 5.74) is 0.926. The van der Waals surface area contributed by atoms with Crippen molar-refractivity contribution in [3.05, 3.63) is 54.1 Å². The molecule has 0 saturated heterocycles. The maximum atomic E-state index is 13.1. The first-order valence-corrected chi connectivity index (χ1v) is 9.42. The molecule has 0 saturated carbocycles. The predicted molar refractivity (Wildman–Crippen MR) is 108 cm³/mol. The standard InChI is InChI=1S/C21H28N4O4/c1-21(2,3)29-20(28)24-18(10-15-8-6-5-7-9-15)19(27)25(4)17(13-26)11-16-12-22-14-23-16/h5-9,12-14,17-18H,10-11H2,1-4H3,(H,22,23)(H,24,28). The molecular formula is C21H28N4O4. The summed E-state index contributed by atoms with van der Waals surface area (Å²) in [5.74, 6) is -0.378. The van der Waals surface area contributed by atoms with Crippen LogP contribution in [0.2, 0.25) is 0 Å². The van der Waals surface area contributed by atoms with Gasteiger partial charge in [-0.1, -0.05) is 30.3 Å². The number of imidazole rings is 1. The number of hydrogen-bond acceptors (Lipinski definition) is 5. The molecule has 8 nitrogen and oxygen atoms in total. The van der Waals surface area contributed by atoms with E-state index in [0.29, 0.717) is 12.7 Å². The van der Waals surface area contributed by atoms with Gasteiger partial charge in [0.25, 0.3) is 0 Å². The monoisotopic (exact) mass is 400 g/mol.